The van der Waals surface area contributed by atoms with Crippen molar-refractivity contribution >= 4 is 17.8 Å². The molecule has 4 aromatic rings. The predicted molar refractivity (Wildman–Crippen MR) is 137 cm³/mol. The Hall–Kier alpha value is -4.71. The van der Waals surface area contributed by atoms with Gasteiger partial charge < -0.3 is 15.4 Å². The third-order valence-corrected chi connectivity index (χ3v) is 5.56. The summed E-state index contributed by atoms with van der Waals surface area (Å²) in [5.41, 5.74) is 2.40. The zero-order chi connectivity index (χ0) is 25.2. The summed E-state index contributed by atoms with van der Waals surface area (Å²) >= 11 is 0. The largest absolute Gasteiger partial charge is 0.445 e. The van der Waals surface area contributed by atoms with Gasteiger partial charge in [0.15, 0.2) is 6.04 Å². The minimum Gasteiger partial charge on any atom is -0.445 e. The van der Waals surface area contributed by atoms with E-state index in [1.807, 2.05) is 42.5 Å². The van der Waals surface area contributed by atoms with Crippen molar-refractivity contribution in [3.05, 3.63) is 144 Å². The van der Waals surface area contributed by atoms with Gasteiger partial charge in [-0.2, -0.15) is 0 Å². The zero-order valence-corrected chi connectivity index (χ0v) is 19.5. The summed E-state index contributed by atoms with van der Waals surface area (Å²) in [6.45, 7) is 0.285. The van der Waals surface area contributed by atoms with Crippen LogP contribution in [0.5, 0.6) is 0 Å². The van der Waals surface area contributed by atoms with Gasteiger partial charge in [0.1, 0.15) is 0 Å². The summed E-state index contributed by atoms with van der Waals surface area (Å²) in [6.07, 6.45) is -1.19. The molecule has 0 aliphatic heterocycles. The number of carbonyl (C=O) groups excluding carboxylic acids is 3. The molecule has 2 unspecified atom stereocenters. The van der Waals surface area contributed by atoms with Gasteiger partial charge >= 0.3 is 5.97 Å². The molecule has 0 aliphatic rings. The lowest BCUT2D eigenvalue weighted by Crippen LogP contribution is -2.38. The van der Waals surface area contributed by atoms with Crippen LogP contribution < -0.4 is 10.6 Å². The lowest BCUT2D eigenvalue weighted by Gasteiger charge is -2.23. The van der Waals surface area contributed by atoms with Crippen molar-refractivity contribution in [3.63, 3.8) is 0 Å². The summed E-state index contributed by atoms with van der Waals surface area (Å²) < 4.78 is 5.77. The molecule has 4 rings (SSSR count). The summed E-state index contributed by atoms with van der Waals surface area (Å²) in [6, 6.07) is 34.6. The van der Waals surface area contributed by atoms with E-state index in [2.05, 4.69) is 10.6 Å². The molecule has 0 bridgehead atoms. The highest BCUT2D eigenvalue weighted by Gasteiger charge is 2.31. The Morgan fingerprint density at radius 3 is 1.72 bits per heavy atom. The highest BCUT2D eigenvalue weighted by molar-refractivity contribution is 5.97. The maximum Gasteiger partial charge on any atom is 0.334 e. The Bertz CT molecular complexity index is 1280. The number of hydrogen-bond acceptors (Lipinski definition) is 4. The third kappa shape index (κ3) is 6.45. The average molecular weight is 479 g/mol. The quantitative estimate of drug-likeness (QED) is 0.340. The van der Waals surface area contributed by atoms with Crippen LogP contribution in [0.15, 0.2) is 121 Å². The lowest BCUT2D eigenvalue weighted by atomic mass is 10.1. The van der Waals surface area contributed by atoms with Crippen LogP contribution in [0.25, 0.3) is 0 Å². The van der Waals surface area contributed by atoms with Gasteiger partial charge in [-0.05, 0) is 23.3 Å². The van der Waals surface area contributed by atoms with Gasteiger partial charge in [0.25, 0.3) is 11.8 Å². The zero-order valence-electron chi connectivity index (χ0n) is 19.5. The first kappa shape index (κ1) is 24.4. The molecule has 2 amide bonds. The van der Waals surface area contributed by atoms with Crippen LogP contribution in [0.4, 0.5) is 0 Å². The third-order valence-electron chi connectivity index (χ3n) is 5.56. The molecule has 0 fully saturated rings. The fourth-order valence-electron chi connectivity index (χ4n) is 3.69. The number of hydrogen-bond donors (Lipinski definition) is 2. The summed E-state index contributed by atoms with van der Waals surface area (Å²) in [5.74, 6) is -1.63. The van der Waals surface area contributed by atoms with Crippen molar-refractivity contribution in [2.75, 3.05) is 0 Å². The Labute approximate surface area is 209 Å². The number of benzene rings is 4. The molecule has 0 aliphatic carbocycles. The second-order valence-electron chi connectivity index (χ2n) is 8.11. The van der Waals surface area contributed by atoms with Crippen molar-refractivity contribution in [2.24, 2.45) is 0 Å². The van der Waals surface area contributed by atoms with Crippen molar-refractivity contribution < 1.29 is 19.1 Å². The van der Waals surface area contributed by atoms with Crippen LogP contribution in [0.3, 0.4) is 0 Å². The molecular formula is C30H26N2O4. The van der Waals surface area contributed by atoms with E-state index < -0.39 is 29.9 Å². The van der Waals surface area contributed by atoms with E-state index in [0.29, 0.717) is 16.7 Å². The number of amides is 2. The molecule has 0 saturated carbocycles. The summed E-state index contributed by atoms with van der Waals surface area (Å²) in [4.78, 5) is 39.5. The smallest absolute Gasteiger partial charge is 0.334 e. The first-order chi connectivity index (χ1) is 17.6. The molecule has 0 heterocycles. The number of esters is 1. The molecule has 2 N–H and O–H groups in total. The molecule has 4 aromatic carbocycles. The van der Waals surface area contributed by atoms with E-state index in [1.54, 1.807) is 78.9 Å². The molecule has 0 spiro atoms. The average Bonchev–Trinajstić information content (AvgIpc) is 2.95. The minimum absolute atomic E-state index is 0.285. The van der Waals surface area contributed by atoms with Gasteiger partial charge in [0.2, 0.25) is 6.10 Å². The second kappa shape index (κ2) is 12.1. The van der Waals surface area contributed by atoms with Gasteiger partial charge in [0.05, 0.1) is 0 Å². The highest BCUT2D eigenvalue weighted by atomic mass is 16.5. The van der Waals surface area contributed by atoms with Crippen molar-refractivity contribution in [2.45, 2.75) is 18.7 Å². The second-order valence-corrected chi connectivity index (χ2v) is 8.11. The van der Waals surface area contributed by atoms with Gasteiger partial charge in [0, 0.05) is 17.7 Å². The van der Waals surface area contributed by atoms with Gasteiger partial charge in [-0.15, -0.1) is 0 Å². The van der Waals surface area contributed by atoms with E-state index in [-0.39, 0.29) is 6.54 Å². The number of carbonyl (C=O) groups is 3. The maximum atomic E-state index is 13.5. The molecule has 6 heteroatoms. The SMILES string of the molecule is O=C(NC(C(=O)OC(C(=O)NCc1ccccc1)c1ccccc1)c1ccccc1)c1ccccc1. The lowest BCUT2D eigenvalue weighted by molar-refractivity contribution is -0.158. The van der Waals surface area contributed by atoms with Gasteiger partial charge in [-0.3, -0.25) is 9.59 Å². The molecule has 2 atom stereocenters. The standard InChI is InChI=1S/C30H26N2O4/c33-28(25-19-11-4-12-20-25)32-26(23-15-7-2-8-16-23)30(35)36-27(24-17-9-3-10-18-24)29(34)31-21-22-13-5-1-6-14-22/h1-20,26-27H,21H2,(H,31,34)(H,32,33). The van der Waals surface area contributed by atoms with E-state index in [1.165, 1.54) is 0 Å². The van der Waals surface area contributed by atoms with Crippen LogP contribution in [0, 0.1) is 0 Å². The fraction of sp³-hybridized carbons (Fsp3) is 0.100. The van der Waals surface area contributed by atoms with Crippen molar-refractivity contribution in [1.82, 2.24) is 10.6 Å². The first-order valence-corrected chi connectivity index (χ1v) is 11.6. The van der Waals surface area contributed by atoms with Crippen molar-refractivity contribution in [1.29, 1.82) is 0 Å². The van der Waals surface area contributed by atoms with Crippen LogP contribution >= 0.6 is 0 Å². The fourth-order valence-corrected chi connectivity index (χ4v) is 3.69. The normalized spacial score (nSPS) is 12.1. The molecule has 180 valence electrons. The Kier molecular flexibility index (Phi) is 8.22. The van der Waals surface area contributed by atoms with Gasteiger partial charge in [-0.1, -0.05) is 109 Å². The molecule has 0 saturated heterocycles. The molecule has 0 radical (unpaired) electrons. The summed E-state index contributed by atoms with van der Waals surface area (Å²) in [5, 5.41) is 5.60. The Morgan fingerprint density at radius 1 is 0.639 bits per heavy atom. The molecule has 6 nitrogen and oxygen atoms in total. The van der Waals surface area contributed by atoms with Crippen LogP contribution in [-0.4, -0.2) is 17.8 Å². The summed E-state index contributed by atoms with van der Waals surface area (Å²) in [7, 11) is 0. The highest BCUT2D eigenvalue weighted by Crippen LogP contribution is 2.23. The Balaban J connectivity index is 1.56. The predicted octanol–water partition coefficient (Wildman–Crippen LogP) is 4.76. The topological polar surface area (TPSA) is 84.5 Å². The van der Waals surface area contributed by atoms with Crippen LogP contribution in [0.1, 0.15) is 39.2 Å². The number of rotatable bonds is 9. The number of ether oxygens (including phenoxy) is 1. The minimum atomic E-state index is -1.19. The molecule has 0 aromatic heterocycles. The van der Waals surface area contributed by atoms with Gasteiger partial charge in [-0.25, -0.2) is 4.79 Å². The van der Waals surface area contributed by atoms with E-state index in [0.717, 1.165) is 5.56 Å². The first-order valence-electron chi connectivity index (χ1n) is 11.6. The van der Waals surface area contributed by atoms with Crippen LogP contribution in [-0.2, 0) is 20.9 Å². The van der Waals surface area contributed by atoms with E-state index in [4.69, 9.17) is 4.74 Å². The number of nitrogens with one attached hydrogen (secondary N) is 2. The Morgan fingerprint density at radius 2 is 1.14 bits per heavy atom. The van der Waals surface area contributed by atoms with Crippen LogP contribution in [0.2, 0.25) is 0 Å². The van der Waals surface area contributed by atoms with Crippen molar-refractivity contribution in [3.8, 4) is 0 Å². The van der Waals surface area contributed by atoms with E-state index in [9.17, 15) is 14.4 Å². The maximum absolute atomic E-state index is 13.5. The van der Waals surface area contributed by atoms with E-state index >= 15 is 0 Å². The monoisotopic (exact) mass is 478 g/mol. The molecule has 36 heavy (non-hydrogen) atoms. The molecular weight excluding hydrogens is 452 g/mol.